The summed E-state index contributed by atoms with van der Waals surface area (Å²) in [6.07, 6.45) is 0.780. The van der Waals surface area contributed by atoms with E-state index in [9.17, 15) is 4.79 Å². The Bertz CT molecular complexity index is 535. The number of hydrogen-bond acceptors (Lipinski definition) is 2. The van der Waals surface area contributed by atoms with Crippen molar-refractivity contribution in [2.24, 2.45) is 0 Å². The molecule has 0 saturated heterocycles. The molecule has 0 N–H and O–H groups in total. The number of halogens is 1. The van der Waals surface area contributed by atoms with E-state index in [1.165, 1.54) is 0 Å². The Hall–Kier alpha value is -1.54. The predicted molar refractivity (Wildman–Crippen MR) is 67.7 cm³/mol. The van der Waals surface area contributed by atoms with Crippen LogP contribution in [0, 0.1) is 6.92 Å². The van der Waals surface area contributed by atoms with Crippen LogP contribution in [0.4, 0.5) is 0 Å². The summed E-state index contributed by atoms with van der Waals surface area (Å²) in [4.78, 5) is 12.1. The van der Waals surface area contributed by atoms with Crippen molar-refractivity contribution >= 4 is 17.4 Å². The second-order valence-corrected chi connectivity index (χ2v) is 4.40. The summed E-state index contributed by atoms with van der Waals surface area (Å²) in [7, 11) is 0. The molecule has 2 aromatic rings. The zero-order valence-corrected chi connectivity index (χ0v) is 10.5. The van der Waals surface area contributed by atoms with Crippen LogP contribution in [-0.2, 0) is 6.42 Å². The summed E-state index contributed by atoms with van der Waals surface area (Å²) in [5, 5.41) is 0.565. The SMILES string of the molecule is CCc1ccc(C(=O)c2cc(C)cc(Cl)c2)o1. The average Bonchev–Trinajstić information content (AvgIpc) is 2.75. The van der Waals surface area contributed by atoms with Gasteiger partial charge < -0.3 is 4.42 Å². The molecule has 0 aliphatic carbocycles. The Morgan fingerprint density at radius 1 is 1.29 bits per heavy atom. The third-order valence-corrected chi connectivity index (χ3v) is 2.76. The molecule has 0 saturated carbocycles. The van der Waals surface area contributed by atoms with E-state index >= 15 is 0 Å². The molecule has 0 unspecified atom stereocenters. The fourth-order valence-electron chi connectivity index (χ4n) is 1.70. The van der Waals surface area contributed by atoms with E-state index in [-0.39, 0.29) is 5.78 Å². The number of benzene rings is 1. The van der Waals surface area contributed by atoms with E-state index in [1.54, 1.807) is 12.1 Å². The number of furan rings is 1. The summed E-state index contributed by atoms with van der Waals surface area (Å²) in [5.41, 5.74) is 1.52. The minimum atomic E-state index is -0.129. The minimum absolute atomic E-state index is 0.129. The van der Waals surface area contributed by atoms with Crippen LogP contribution in [0.5, 0.6) is 0 Å². The minimum Gasteiger partial charge on any atom is -0.458 e. The zero-order chi connectivity index (χ0) is 12.4. The highest BCUT2D eigenvalue weighted by atomic mass is 35.5. The Morgan fingerprint density at radius 3 is 2.65 bits per heavy atom. The van der Waals surface area contributed by atoms with Gasteiger partial charge in [0, 0.05) is 17.0 Å². The monoisotopic (exact) mass is 248 g/mol. The number of hydrogen-bond donors (Lipinski definition) is 0. The Morgan fingerprint density at radius 2 is 2.06 bits per heavy atom. The van der Waals surface area contributed by atoms with E-state index in [0.29, 0.717) is 16.3 Å². The fourth-order valence-corrected chi connectivity index (χ4v) is 1.99. The molecule has 0 amide bonds. The smallest absolute Gasteiger partial charge is 0.228 e. The predicted octanol–water partition coefficient (Wildman–Crippen LogP) is 4.03. The van der Waals surface area contributed by atoms with Crippen molar-refractivity contribution in [2.45, 2.75) is 20.3 Å². The number of rotatable bonds is 3. The Balaban J connectivity index is 2.36. The van der Waals surface area contributed by atoms with Gasteiger partial charge in [0.2, 0.25) is 5.78 Å². The number of ketones is 1. The van der Waals surface area contributed by atoms with Gasteiger partial charge in [-0.25, -0.2) is 0 Å². The molecule has 0 radical (unpaired) electrons. The molecule has 1 aromatic carbocycles. The molecule has 17 heavy (non-hydrogen) atoms. The summed E-state index contributed by atoms with van der Waals surface area (Å²) in [6.45, 7) is 3.89. The first-order valence-electron chi connectivity index (χ1n) is 5.50. The zero-order valence-electron chi connectivity index (χ0n) is 9.79. The van der Waals surface area contributed by atoms with E-state index < -0.39 is 0 Å². The molecule has 0 spiro atoms. The maximum Gasteiger partial charge on any atom is 0.228 e. The summed E-state index contributed by atoms with van der Waals surface area (Å²) < 4.78 is 5.44. The van der Waals surface area contributed by atoms with Gasteiger partial charge in [0.1, 0.15) is 5.76 Å². The third kappa shape index (κ3) is 2.59. The highest BCUT2D eigenvalue weighted by molar-refractivity contribution is 6.31. The lowest BCUT2D eigenvalue weighted by atomic mass is 10.1. The highest BCUT2D eigenvalue weighted by Crippen LogP contribution is 2.19. The molecular formula is C14H13ClO2. The van der Waals surface area contributed by atoms with Gasteiger partial charge in [-0.15, -0.1) is 0 Å². The molecule has 1 heterocycles. The van der Waals surface area contributed by atoms with Crippen molar-refractivity contribution < 1.29 is 9.21 Å². The molecular weight excluding hydrogens is 236 g/mol. The van der Waals surface area contributed by atoms with E-state index in [4.69, 9.17) is 16.0 Å². The first kappa shape index (κ1) is 11.9. The maximum atomic E-state index is 12.1. The third-order valence-electron chi connectivity index (χ3n) is 2.54. The van der Waals surface area contributed by atoms with Crippen LogP contribution >= 0.6 is 11.6 Å². The van der Waals surface area contributed by atoms with Crippen molar-refractivity contribution in [3.63, 3.8) is 0 Å². The average molecular weight is 249 g/mol. The highest BCUT2D eigenvalue weighted by Gasteiger charge is 2.14. The van der Waals surface area contributed by atoms with Crippen LogP contribution in [-0.4, -0.2) is 5.78 Å². The Labute approximate surface area is 105 Å². The van der Waals surface area contributed by atoms with Crippen LogP contribution in [0.15, 0.2) is 34.7 Å². The summed E-state index contributed by atoms with van der Waals surface area (Å²) in [5.74, 6) is 1.05. The van der Waals surface area contributed by atoms with Gasteiger partial charge in [-0.1, -0.05) is 18.5 Å². The lowest BCUT2D eigenvalue weighted by molar-refractivity contribution is 0.101. The fraction of sp³-hybridized carbons (Fsp3) is 0.214. The molecule has 2 rings (SSSR count). The Kier molecular flexibility index (Phi) is 3.34. The van der Waals surface area contributed by atoms with Crippen molar-refractivity contribution in [1.82, 2.24) is 0 Å². The first-order valence-corrected chi connectivity index (χ1v) is 5.88. The molecule has 0 fully saturated rings. The van der Waals surface area contributed by atoms with Crippen LogP contribution < -0.4 is 0 Å². The molecule has 1 aromatic heterocycles. The summed E-state index contributed by atoms with van der Waals surface area (Å²) >= 11 is 5.93. The van der Waals surface area contributed by atoms with Crippen LogP contribution in [0.3, 0.4) is 0 Å². The van der Waals surface area contributed by atoms with Gasteiger partial charge in [-0.2, -0.15) is 0 Å². The maximum absolute atomic E-state index is 12.1. The summed E-state index contributed by atoms with van der Waals surface area (Å²) in [6, 6.07) is 8.81. The van der Waals surface area contributed by atoms with Gasteiger partial charge in [0.05, 0.1) is 0 Å². The standard InChI is InChI=1S/C14H13ClO2/c1-3-12-4-5-13(17-12)14(16)10-6-9(2)7-11(15)8-10/h4-8H,3H2,1-2H3. The van der Waals surface area contributed by atoms with Gasteiger partial charge in [-0.05, 0) is 42.8 Å². The normalized spacial score (nSPS) is 10.5. The molecule has 0 atom stereocenters. The van der Waals surface area contributed by atoms with Gasteiger partial charge in [0.15, 0.2) is 5.76 Å². The second kappa shape index (κ2) is 4.76. The van der Waals surface area contributed by atoms with Crippen LogP contribution in [0.2, 0.25) is 5.02 Å². The number of carbonyl (C=O) groups excluding carboxylic acids is 1. The van der Waals surface area contributed by atoms with E-state index in [1.807, 2.05) is 32.0 Å². The quantitative estimate of drug-likeness (QED) is 0.768. The topological polar surface area (TPSA) is 30.2 Å². The van der Waals surface area contributed by atoms with Crippen molar-refractivity contribution in [2.75, 3.05) is 0 Å². The second-order valence-electron chi connectivity index (χ2n) is 3.97. The molecule has 3 heteroatoms. The molecule has 2 nitrogen and oxygen atoms in total. The van der Waals surface area contributed by atoms with Gasteiger partial charge in [-0.3, -0.25) is 4.79 Å². The van der Waals surface area contributed by atoms with Gasteiger partial charge in [0.25, 0.3) is 0 Å². The first-order chi connectivity index (χ1) is 8.10. The van der Waals surface area contributed by atoms with E-state index in [0.717, 1.165) is 17.7 Å². The van der Waals surface area contributed by atoms with Gasteiger partial charge >= 0.3 is 0 Å². The van der Waals surface area contributed by atoms with E-state index in [2.05, 4.69) is 0 Å². The van der Waals surface area contributed by atoms with Crippen molar-refractivity contribution in [3.8, 4) is 0 Å². The van der Waals surface area contributed by atoms with Crippen molar-refractivity contribution in [3.05, 3.63) is 58.0 Å². The van der Waals surface area contributed by atoms with Crippen molar-refractivity contribution in [1.29, 1.82) is 0 Å². The molecule has 0 bridgehead atoms. The van der Waals surface area contributed by atoms with Crippen LogP contribution in [0.25, 0.3) is 0 Å². The molecule has 0 aliphatic heterocycles. The lowest BCUT2D eigenvalue weighted by Crippen LogP contribution is -2.00. The number of carbonyl (C=O) groups is 1. The number of aryl methyl sites for hydroxylation is 2. The lowest BCUT2D eigenvalue weighted by Gasteiger charge is -2.01. The molecule has 0 aliphatic rings. The largest absolute Gasteiger partial charge is 0.458 e. The van der Waals surface area contributed by atoms with Crippen LogP contribution in [0.1, 0.15) is 34.4 Å². The molecule has 88 valence electrons.